The third-order valence-corrected chi connectivity index (χ3v) is 7.90. The van der Waals surface area contributed by atoms with E-state index in [1.807, 2.05) is 37.3 Å². The van der Waals surface area contributed by atoms with Crippen LogP contribution in [0.5, 0.6) is 0 Å². The second-order valence-corrected chi connectivity index (χ2v) is 11.1. The number of amides is 2. The number of nitrogens with zero attached hydrogens (tertiary/aromatic N) is 2. The highest BCUT2D eigenvalue weighted by Crippen LogP contribution is 2.27. The van der Waals surface area contributed by atoms with E-state index in [0.29, 0.717) is 16.7 Å². The van der Waals surface area contributed by atoms with Gasteiger partial charge in [0, 0.05) is 17.6 Å². The Morgan fingerprint density at radius 3 is 2.19 bits per heavy atom. The van der Waals surface area contributed by atoms with Crippen LogP contribution in [-0.4, -0.2) is 44.3 Å². The molecule has 0 fully saturated rings. The van der Waals surface area contributed by atoms with Gasteiger partial charge in [-0.1, -0.05) is 77.5 Å². The minimum Gasteiger partial charge on any atom is -0.354 e. The van der Waals surface area contributed by atoms with Crippen LogP contribution < -0.4 is 9.62 Å². The number of carbonyl (C=O) groups excluding carboxylic acids is 2. The molecule has 0 saturated carbocycles. The zero-order valence-electron chi connectivity index (χ0n) is 20.3. The van der Waals surface area contributed by atoms with Crippen LogP contribution in [0.3, 0.4) is 0 Å². The normalized spacial score (nSPS) is 12.0. The Morgan fingerprint density at radius 2 is 1.58 bits per heavy atom. The summed E-state index contributed by atoms with van der Waals surface area (Å²) in [5.41, 5.74) is 1.17. The Hall–Kier alpha value is -3.17. The molecule has 1 N–H and O–H groups in total. The lowest BCUT2D eigenvalue weighted by Gasteiger charge is -2.32. The van der Waals surface area contributed by atoms with E-state index in [0.717, 1.165) is 16.3 Å². The highest BCUT2D eigenvalue weighted by atomic mass is 79.9. The summed E-state index contributed by atoms with van der Waals surface area (Å²) in [4.78, 5) is 28.0. The fourth-order valence-electron chi connectivity index (χ4n) is 3.64. The van der Waals surface area contributed by atoms with E-state index >= 15 is 0 Å². The van der Waals surface area contributed by atoms with Crippen LogP contribution in [0.1, 0.15) is 25.8 Å². The van der Waals surface area contributed by atoms with Crippen LogP contribution in [0.15, 0.2) is 94.3 Å². The first kappa shape index (κ1) is 27.4. The Bertz CT molecular complexity index is 1270. The van der Waals surface area contributed by atoms with Gasteiger partial charge in [0.15, 0.2) is 0 Å². The number of anilines is 1. The number of sulfonamides is 1. The number of carbonyl (C=O) groups is 2. The van der Waals surface area contributed by atoms with Crippen LogP contribution in [-0.2, 0) is 26.2 Å². The molecule has 0 saturated heterocycles. The lowest BCUT2D eigenvalue weighted by Crippen LogP contribution is -2.51. The lowest BCUT2D eigenvalue weighted by molar-refractivity contribution is -0.139. The summed E-state index contributed by atoms with van der Waals surface area (Å²) < 4.78 is 29.1. The molecule has 3 aromatic rings. The summed E-state index contributed by atoms with van der Waals surface area (Å²) in [5, 5.41) is 2.83. The Kier molecular flexibility index (Phi) is 9.66. The maximum absolute atomic E-state index is 13.7. The molecule has 0 aromatic heterocycles. The molecule has 1 atom stereocenters. The standard InChI is InChI=1S/C27H30BrN3O4S/c1-3-17-29-27(33)21(2)30(19-22-11-6-4-7-12-22)26(32)20-31(24-14-10-13-23(28)18-24)36(34,35)25-15-8-5-9-16-25/h4-16,18,21H,3,17,19-20H2,1-2H3,(H,29,33). The molecule has 0 spiro atoms. The predicted octanol–water partition coefficient (Wildman–Crippen LogP) is 4.59. The molecule has 9 heteroatoms. The predicted molar refractivity (Wildman–Crippen MR) is 145 cm³/mol. The third kappa shape index (κ3) is 6.95. The van der Waals surface area contributed by atoms with Gasteiger partial charge in [-0.15, -0.1) is 0 Å². The maximum atomic E-state index is 13.7. The van der Waals surface area contributed by atoms with Crippen molar-refractivity contribution >= 4 is 43.5 Å². The fraction of sp³-hybridized carbons (Fsp3) is 0.259. The van der Waals surface area contributed by atoms with Crippen molar-refractivity contribution in [2.75, 3.05) is 17.4 Å². The van der Waals surface area contributed by atoms with Gasteiger partial charge in [0.1, 0.15) is 12.6 Å². The van der Waals surface area contributed by atoms with Crippen LogP contribution >= 0.6 is 15.9 Å². The monoisotopic (exact) mass is 571 g/mol. The Morgan fingerprint density at radius 1 is 0.944 bits per heavy atom. The topological polar surface area (TPSA) is 86.8 Å². The first-order valence-corrected chi connectivity index (χ1v) is 13.9. The van der Waals surface area contributed by atoms with Crippen LogP contribution in [0.4, 0.5) is 5.69 Å². The zero-order chi connectivity index (χ0) is 26.1. The summed E-state index contributed by atoms with van der Waals surface area (Å²) in [6.07, 6.45) is 0.761. The molecular weight excluding hydrogens is 542 g/mol. The number of rotatable bonds is 11. The second-order valence-electron chi connectivity index (χ2n) is 8.28. The highest BCUT2D eigenvalue weighted by Gasteiger charge is 2.32. The van der Waals surface area contributed by atoms with Crippen molar-refractivity contribution in [1.29, 1.82) is 0 Å². The van der Waals surface area contributed by atoms with E-state index in [1.54, 1.807) is 49.4 Å². The van der Waals surface area contributed by atoms with Crippen molar-refractivity contribution < 1.29 is 18.0 Å². The fourth-order valence-corrected chi connectivity index (χ4v) is 5.45. The molecule has 3 aromatic carbocycles. The van der Waals surface area contributed by atoms with E-state index in [2.05, 4.69) is 21.2 Å². The molecule has 0 aliphatic rings. The summed E-state index contributed by atoms with van der Waals surface area (Å²) >= 11 is 3.39. The number of hydrogen-bond acceptors (Lipinski definition) is 4. The summed E-state index contributed by atoms with van der Waals surface area (Å²) in [5.74, 6) is -0.779. The first-order chi connectivity index (χ1) is 17.2. The molecule has 3 rings (SSSR count). The Balaban J connectivity index is 1.99. The van der Waals surface area contributed by atoms with Gasteiger partial charge in [-0.25, -0.2) is 8.42 Å². The third-order valence-electron chi connectivity index (χ3n) is 5.62. The number of halogens is 1. The molecule has 0 radical (unpaired) electrons. The van der Waals surface area contributed by atoms with Crippen molar-refractivity contribution in [2.45, 2.75) is 37.8 Å². The summed E-state index contributed by atoms with van der Waals surface area (Å²) in [7, 11) is -4.07. The molecule has 1 unspecified atom stereocenters. The van der Waals surface area contributed by atoms with Crippen LogP contribution in [0, 0.1) is 0 Å². The van der Waals surface area contributed by atoms with Gasteiger partial charge in [0.05, 0.1) is 10.6 Å². The first-order valence-electron chi connectivity index (χ1n) is 11.7. The molecule has 2 amide bonds. The molecule has 0 aliphatic carbocycles. The molecule has 36 heavy (non-hydrogen) atoms. The van der Waals surface area contributed by atoms with Crippen molar-refractivity contribution in [2.24, 2.45) is 0 Å². The van der Waals surface area contributed by atoms with Crippen molar-refractivity contribution in [3.8, 4) is 0 Å². The van der Waals surface area contributed by atoms with Gasteiger partial charge in [0.2, 0.25) is 11.8 Å². The van der Waals surface area contributed by atoms with E-state index in [1.165, 1.54) is 17.0 Å². The van der Waals surface area contributed by atoms with Gasteiger partial charge >= 0.3 is 0 Å². The smallest absolute Gasteiger partial charge is 0.264 e. The molecule has 7 nitrogen and oxygen atoms in total. The average Bonchev–Trinajstić information content (AvgIpc) is 2.89. The Labute approximate surface area is 221 Å². The second kappa shape index (κ2) is 12.7. The van der Waals surface area contributed by atoms with E-state index in [9.17, 15) is 18.0 Å². The number of benzene rings is 3. The summed E-state index contributed by atoms with van der Waals surface area (Å²) in [6, 6.07) is 23.3. The van der Waals surface area contributed by atoms with Gasteiger partial charge < -0.3 is 10.2 Å². The minimum absolute atomic E-state index is 0.0705. The zero-order valence-corrected chi connectivity index (χ0v) is 22.7. The number of nitrogens with one attached hydrogen (secondary N) is 1. The van der Waals surface area contributed by atoms with Gasteiger partial charge in [0.25, 0.3) is 10.0 Å². The molecular formula is C27H30BrN3O4S. The number of hydrogen-bond donors (Lipinski definition) is 1. The molecule has 0 bridgehead atoms. The lowest BCUT2D eigenvalue weighted by atomic mass is 10.1. The van der Waals surface area contributed by atoms with Crippen LogP contribution in [0.2, 0.25) is 0 Å². The molecule has 190 valence electrons. The van der Waals surface area contributed by atoms with Gasteiger partial charge in [-0.05, 0) is 49.2 Å². The van der Waals surface area contributed by atoms with Crippen LogP contribution in [0.25, 0.3) is 0 Å². The highest BCUT2D eigenvalue weighted by molar-refractivity contribution is 9.10. The van der Waals surface area contributed by atoms with E-state index in [-0.39, 0.29) is 17.3 Å². The van der Waals surface area contributed by atoms with Crippen molar-refractivity contribution in [3.63, 3.8) is 0 Å². The summed E-state index contributed by atoms with van der Waals surface area (Å²) in [6.45, 7) is 3.79. The van der Waals surface area contributed by atoms with E-state index in [4.69, 9.17) is 0 Å². The quantitative estimate of drug-likeness (QED) is 0.364. The average molecular weight is 573 g/mol. The maximum Gasteiger partial charge on any atom is 0.264 e. The van der Waals surface area contributed by atoms with E-state index < -0.39 is 28.5 Å². The molecule has 0 heterocycles. The van der Waals surface area contributed by atoms with Gasteiger partial charge in [-0.3, -0.25) is 13.9 Å². The molecule has 0 aliphatic heterocycles. The van der Waals surface area contributed by atoms with Crippen molar-refractivity contribution in [1.82, 2.24) is 10.2 Å². The van der Waals surface area contributed by atoms with Crippen molar-refractivity contribution in [3.05, 3.63) is 95.0 Å². The largest absolute Gasteiger partial charge is 0.354 e. The SMILES string of the molecule is CCCNC(=O)C(C)N(Cc1ccccc1)C(=O)CN(c1cccc(Br)c1)S(=O)(=O)c1ccccc1. The minimum atomic E-state index is -4.07. The van der Waals surface area contributed by atoms with Gasteiger partial charge in [-0.2, -0.15) is 0 Å².